The van der Waals surface area contributed by atoms with Crippen LogP contribution in [0.1, 0.15) is 6.42 Å². The van der Waals surface area contributed by atoms with Gasteiger partial charge in [-0.1, -0.05) is 11.6 Å². The zero-order chi connectivity index (χ0) is 12.0. The van der Waals surface area contributed by atoms with E-state index in [9.17, 15) is 10.1 Å². The van der Waals surface area contributed by atoms with Crippen LogP contribution in [0.15, 0.2) is 18.2 Å². The van der Waals surface area contributed by atoms with Crippen LogP contribution in [0.25, 0.3) is 0 Å². The van der Waals surface area contributed by atoms with E-state index in [0.29, 0.717) is 17.4 Å². The van der Waals surface area contributed by atoms with Crippen molar-refractivity contribution in [2.75, 3.05) is 20.2 Å². The molecule has 0 saturated carbocycles. The predicted molar refractivity (Wildman–Crippen MR) is 62.1 cm³/mol. The summed E-state index contributed by atoms with van der Waals surface area (Å²) in [6, 6.07) is 4.15. The number of hydrogen-bond donors (Lipinski definition) is 1. The van der Waals surface area contributed by atoms with Crippen molar-refractivity contribution in [3.05, 3.63) is 33.3 Å². The van der Waals surface area contributed by atoms with E-state index in [4.69, 9.17) is 16.3 Å². The van der Waals surface area contributed by atoms with Crippen molar-refractivity contribution in [3.8, 4) is 5.75 Å². The second-order valence-corrected chi connectivity index (χ2v) is 3.58. The van der Waals surface area contributed by atoms with Crippen LogP contribution in [-0.4, -0.2) is 25.1 Å². The van der Waals surface area contributed by atoms with E-state index in [-0.39, 0.29) is 5.69 Å². The van der Waals surface area contributed by atoms with Crippen LogP contribution < -0.4 is 10.1 Å². The molecule has 6 heteroatoms. The molecular weight excluding hydrogens is 232 g/mol. The van der Waals surface area contributed by atoms with Crippen LogP contribution in [0.3, 0.4) is 0 Å². The molecule has 0 spiro atoms. The van der Waals surface area contributed by atoms with Gasteiger partial charge in [0.25, 0.3) is 5.69 Å². The van der Waals surface area contributed by atoms with Crippen LogP contribution in [0.4, 0.5) is 5.69 Å². The van der Waals surface area contributed by atoms with Gasteiger partial charge < -0.3 is 10.1 Å². The third-order valence-corrected chi connectivity index (χ3v) is 2.27. The molecule has 0 aliphatic carbocycles. The molecule has 0 radical (unpaired) electrons. The van der Waals surface area contributed by atoms with E-state index in [1.54, 1.807) is 0 Å². The van der Waals surface area contributed by atoms with Crippen LogP contribution in [-0.2, 0) is 0 Å². The van der Waals surface area contributed by atoms with Crippen molar-refractivity contribution in [1.82, 2.24) is 5.32 Å². The number of non-ortho nitro benzene ring substituents is 1. The van der Waals surface area contributed by atoms with Gasteiger partial charge in [-0.15, -0.1) is 0 Å². The zero-order valence-corrected chi connectivity index (χ0v) is 9.66. The summed E-state index contributed by atoms with van der Waals surface area (Å²) in [6.07, 6.45) is 0.815. The van der Waals surface area contributed by atoms with Crippen molar-refractivity contribution in [1.29, 1.82) is 0 Å². The largest absolute Gasteiger partial charge is 0.492 e. The summed E-state index contributed by atoms with van der Waals surface area (Å²) >= 11 is 5.85. The summed E-state index contributed by atoms with van der Waals surface area (Å²) in [7, 11) is 1.85. The molecule has 1 aromatic rings. The molecule has 0 amide bonds. The fourth-order valence-electron chi connectivity index (χ4n) is 1.15. The van der Waals surface area contributed by atoms with Gasteiger partial charge in [-0.25, -0.2) is 0 Å². The Balaban J connectivity index is 2.63. The molecule has 0 aromatic heterocycles. The summed E-state index contributed by atoms with van der Waals surface area (Å²) < 4.78 is 5.35. The van der Waals surface area contributed by atoms with Gasteiger partial charge in [0.1, 0.15) is 5.75 Å². The smallest absolute Gasteiger partial charge is 0.273 e. The molecule has 88 valence electrons. The maximum atomic E-state index is 10.5. The van der Waals surface area contributed by atoms with Crippen molar-refractivity contribution < 1.29 is 9.66 Å². The Morgan fingerprint density at radius 2 is 2.31 bits per heavy atom. The van der Waals surface area contributed by atoms with Crippen LogP contribution in [0.2, 0.25) is 5.02 Å². The first kappa shape index (κ1) is 12.7. The number of rotatable bonds is 6. The molecule has 0 saturated heterocycles. The predicted octanol–water partition coefficient (Wildman–Crippen LogP) is 2.24. The Kier molecular flexibility index (Phi) is 5.01. The maximum absolute atomic E-state index is 10.5. The van der Waals surface area contributed by atoms with Gasteiger partial charge in [-0.05, 0) is 26.1 Å². The lowest BCUT2D eigenvalue weighted by Gasteiger charge is -2.07. The van der Waals surface area contributed by atoms with Gasteiger partial charge in [0.2, 0.25) is 0 Å². The molecule has 0 heterocycles. The van der Waals surface area contributed by atoms with Gasteiger partial charge in [0.05, 0.1) is 22.6 Å². The molecule has 16 heavy (non-hydrogen) atoms. The number of ether oxygens (including phenoxy) is 1. The molecule has 5 nitrogen and oxygen atoms in total. The third-order valence-electron chi connectivity index (χ3n) is 1.95. The van der Waals surface area contributed by atoms with Gasteiger partial charge in [0.15, 0.2) is 0 Å². The van der Waals surface area contributed by atoms with Crippen LogP contribution >= 0.6 is 11.6 Å². The zero-order valence-electron chi connectivity index (χ0n) is 8.90. The Morgan fingerprint density at radius 3 is 2.94 bits per heavy atom. The lowest BCUT2D eigenvalue weighted by Crippen LogP contribution is -2.11. The topological polar surface area (TPSA) is 64.4 Å². The molecule has 1 aromatic carbocycles. The van der Waals surface area contributed by atoms with Gasteiger partial charge in [0, 0.05) is 6.07 Å². The summed E-state index contributed by atoms with van der Waals surface area (Å²) in [5.41, 5.74) is -0.0204. The Bertz CT molecular complexity index is 371. The van der Waals surface area contributed by atoms with E-state index in [1.165, 1.54) is 18.2 Å². The SMILES string of the molecule is CNCCCOc1cc([N+](=O)[O-])ccc1Cl. The fraction of sp³-hybridized carbons (Fsp3) is 0.400. The fourth-order valence-corrected chi connectivity index (χ4v) is 1.32. The highest BCUT2D eigenvalue weighted by atomic mass is 35.5. The number of nitrogens with zero attached hydrogens (tertiary/aromatic N) is 1. The van der Waals surface area contributed by atoms with E-state index in [0.717, 1.165) is 13.0 Å². The van der Waals surface area contributed by atoms with Crippen LogP contribution in [0.5, 0.6) is 5.75 Å². The van der Waals surface area contributed by atoms with Crippen molar-refractivity contribution in [2.24, 2.45) is 0 Å². The lowest BCUT2D eigenvalue weighted by molar-refractivity contribution is -0.384. The highest BCUT2D eigenvalue weighted by Crippen LogP contribution is 2.28. The standard InChI is InChI=1S/C10H13ClN2O3/c1-12-5-2-6-16-10-7-8(13(14)15)3-4-9(10)11/h3-4,7,12H,2,5-6H2,1H3. The number of nitrogens with one attached hydrogen (secondary N) is 1. The molecular formula is C10H13ClN2O3. The number of halogens is 1. The number of benzene rings is 1. The molecule has 0 aliphatic heterocycles. The number of nitro benzene ring substituents is 1. The molecule has 0 aliphatic rings. The lowest BCUT2D eigenvalue weighted by atomic mass is 10.3. The van der Waals surface area contributed by atoms with E-state index in [2.05, 4.69) is 5.32 Å². The molecule has 1 N–H and O–H groups in total. The molecule has 0 fully saturated rings. The summed E-state index contributed by atoms with van der Waals surface area (Å²) in [5, 5.41) is 13.9. The van der Waals surface area contributed by atoms with Crippen molar-refractivity contribution in [3.63, 3.8) is 0 Å². The monoisotopic (exact) mass is 244 g/mol. The highest BCUT2D eigenvalue weighted by molar-refractivity contribution is 6.32. The molecule has 1 rings (SSSR count). The highest BCUT2D eigenvalue weighted by Gasteiger charge is 2.10. The summed E-state index contributed by atoms with van der Waals surface area (Å²) in [4.78, 5) is 10.1. The van der Waals surface area contributed by atoms with E-state index >= 15 is 0 Å². The average Bonchev–Trinajstić information content (AvgIpc) is 2.26. The summed E-state index contributed by atoms with van der Waals surface area (Å²) in [5.74, 6) is 0.354. The van der Waals surface area contributed by atoms with Crippen molar-refractivity contribution >= 4 is 17.3 Å². The Morgan fingerprint density at radius 1 is 1.56 bits per heavy atom. The molecule has 0 bridgehead atoms. The van der Waals surface area contributed by atoms with Gasteiger partial charge >= 0.3 is 0 Å². The second-order valence-electron chi connectivity index (χ2n) is 3.18. The van der Waals surface area contributed by atoms with Gasteiger partial charge in [-0.2, -0.15) is 0 Å². The first-order chi connectivity index (χ1) is 7.65. The quantitative estimate of drug-likeness (QED) is 0.474. The Hall–Kier alpha value is -1.33. The number of nitro groups is 1. The average molecular weight is 245 g/mol. The minimum Gasteiger partial charge on any atom is -0.492 e. The third kappa shape index (κ3) is 3.67. The summed E-state index contributed by atoms with van der Waals surface area (Å²) in [6.45, 7) is 1.30. The van der Waals surface area contributed by atoms with E-state index < -0.39 is 4.92 Å². The first-order valence-electron chi connectivity index (χ1n) is 4.86. The second kappa shape index (κ2) is 6.30. The van der Waals surface area contributed by atoms with Crippen LogP contribution in [0, 0.1) is 10.1 Å². The van der Waals surface area contributed by atoms with Gasteiger partial charge in [-0.3, -0.25) is 10.1 Å². The molecule has 0 atom stereocenters. The molecule has 0 unspecified atom stereocenters. The minimum absolute atomic E-state index is 0.0204. The Labute approximate surface area is 98.5 Å². The van der Waals surface area contributed by atoms with E-state index in [1.807, 2.05) is 7.05 Å². The normalized spacial score (nSPS) is 10.1. The first-order valence-corrected chi connectivity index (χ1v) is 5.24. The number of hydrogen-bond acceptors (Lipinski definition) is 4. The minimum atomic E-state index is -0.475. The maximum Gasteiger partial charge on any atom is 0.273 e. The van der Waals surface area contributed by atoms with Crippen molar-refractivity contribution in [2.45, 2.75) is 6.42 Å².